The second-order valence-corrected chi connectivity index (χ2v) is 7.86. The van der Waals surface area contributed by atoms with Crippen molar-refractivity contribution in [1.82, 2.24) is 0 Å². The molecule has 12 nitrogen and oxygen atoms in total. The highest BCUT2D eigenvalue weighted by molar-refractivity contribution is 5.72. The quantitative estimate of drug-likeness (QED) is 0.0987. The summed E-state index contributed by atoms with van der Waals surface area (Å²) in [5.41, 5.74) is 12.4. The molecule has 3 aromatic carbocycles. The van der Waals surface area contributed by atoms with Crippen molar-refractivity contribution in [3.63, 3.8) is 0 Å². The zero-order valence-electron chi connectivity index (χ0n) is 21.0. The standard InChI is InChI=1S/C25H32N6O6/c1-30(22-9-4-17(26)14-25(22)37-34)29-21-16-23(35-2)20(15-24(21)36-3)28-27-18-5-7-19(8-6-18)31(10-12-32)11-13-33/h4-9,14-16,29,32-34H,10-13,26H2,1-3H3/b28-27+. The molecule has 0 aromatic heterocycles. The van der Waals surface area contributed by atoms with Crippen LogP contribution in [0.1, 0.15) is 0 Å². The lowest BCUT2D eigenvalue weighted by Gasteiger charge is -2.24. The topological polar surface area (TPSA) is 158 Å². The van der Waals surface area contributed by atoms with Crippen LogP contribution < -0.4 is 35.4 Å². The van der Waals surface area contributed by atoms with Gasteiger partial charge in [0.15, 0.2) is 5.75 Å². The fraction of sp³-hybridized carbons (Fsp3) is 0.280. The molecule has 12 heteroatoms. The maximum absolute atomic E-state index is 9.23. The van der Waals surface area contributed by atoms with Gasteiger partial charge in [0.1, 0.15) is 28.6 Å². The van der Waals surface area contributed by atoms with Gasteiger partial charge in [-0.05, 0) is 36.4 Å². The summed E-state index contributed by atoms with van der Waals surface area (Å²) in [6.07, 6.45) is 0. The normalized spacial score (nSPS) is 10.9. The lowest BCUT2D eigenvalue weighted by molar-refractivity contribution is -0.137. The van der Waals surface area contributed by atoms with Crippen LogP contribution in [-0.4, -0.2) is 63.0 Å². The second-order valence-electron chi connectivity index (χ2n) is 7.86. The number of hydrogen-bond acceptors (Lipinski definition) is 12. The zero-order valence-corrected chi connectivity index (χ0v) is 21.0. The average molecular weight is 513 g/mol. The number of nitrogens with one attached hydrogen (secondary N) is 1. The van der Waals surface area contributed by atoms with E-state index in [9.17, 15) is 15.5 Å². The van der Waals surface area contributed by atoms with Crippen LogP contribution in [0.5, 0.6) is 17.2 Å². The fourth-order valence-corrected chi connectivity index (χ4v) is 3.62. The van der Waals surface area contributed by atoms with Crippen molar-refractivity contribution in [2.75, 3.05) is 68.6 Å². The van der Waals surface area contributed by atoms with Crippen LogP contribution >= 0.6 is 0 Å². The van der Waals surface area contributed by atoms with Crippen molar-refractivity contribution >= 4 is 34.1 Å². The van der Waals surface area contributed by atoms with Gasteiger partial charge in [0.05, 0.1) is 33.1 Å². The number of hydrogen-bond donors (Lipinski definition) is 5. The summed E-state index contributed by atoms with van der Waals surface area (Å²) in [5, 5.41) is 38.0. The Hall–Kier alpha value is -4.26. The number of nitrogen functional groups attached to an aromatic ring is 1. The highest BCUT2D eigenvalue weighted by atomic mass is 17.1. The van der Waals surface area contributed by atoms with E-state index in [1.165, 1.54) is 20.3 Å². The zero-order chi connectivity index (χ0) is 26.8. The molecule has 0 spiro atoms. The van der Waals surface area contributed by atoms with E-state index in [1.807, 2.05) is 17.0 Å². The maximum Gasteiger partial charge on any atom is 0.192 e. The van der Waals surface area contributed by atoms with Gasteiger partial charge in [-0.3, -0.25) is 10.4 Å². The lowest BCUT2D eigenvalue weighted by atomic mass is 10.2. The molecule has 6 N–H and O–H groups in total. The lowest BCUT2D eigenvalue weighted by Crippen LogP contribution is -2.29. The van der Waals surface area contributed by atoms with Crippen LogP contribution in [0.3, 0.4) is 0 Å². The van der Waals surface area contributed by atoms with Crippen LogP contribution in [0, 0.1) is 0 Å². The minimum Gasteiger partial charge on any atom is -0.494 e. The van der Waals surface area contributed by atoms with Crippen molar-refractivity contribution in [2.45, 2.75) is 0 Å². The molecular formula is C25H32N6O6. The van der Waals surface area contributed by atoms with Gasteiger partial charge >= 0.3 is 0 Å². The first-order valence-electron chi connectivity index (χ1n) is 11.4. The third-order valence-corrected chi connectivity index (χ3v) is 5.46. The molecule has 0 bridgehead atoms. The Bertz CT molecular complexity index is 1190. The highest BCUT2D eigenvalue weighted by Gasteiger charge is 2.16. The Balaban J connectivity index is 1.83. The number of aliphatic hydroxyl groups excluding tert-OH is 2. The monoisotopic (exact) mass is 512 g/mol. The third kappa shape index (κ3) is 6.91. The molecule has 0 amide bonds. The largest absolute Gasteiger partial charge is 0.494 e. The minimum atomic E-state index is -0.0138. The molecule has 0 saturated carbocycles. The Morgan fingerprint density at radius 1 is 0.865 bits per heavy atom. The number of hydrazine groups is 1. The Morgan fingerprint density at radius 3 is 2.14 bits per heavy atom. The van der Waals surface area contributed by atoms with Crippen LogP contribution in [0.25, 0.3) is 0 Å². The second kappa shape index (κ2) is 13.2. The van der Waals surface area contributed by atoms with Crippen LogP contribution in [0.4, 0.5) is 34.1 Å². The first-order valence-corrected chi connectivity index (χ1v) is 11.4. The molecule has 0 unspecified atom stereocenters. The molecule has 3 rings (SSSR count). The average Bonchev–Trinajstić information content (AvgIpc) is 2.92. The van der Waals surface area contributed by atoms with E-state index in [1.54, 1.807) is 48.5 Å². The smallest absolute Gasteiger partial charge is 0.192 e. The van der Waals surface area contributed by atoms with Crippen molar-refractivity contribution < 1.29 is 29.8 Å². The Kier molecular flexibility index (Phi) is 9.72. The molecule has 0 aliphatic carbocycles. The molecule has 0 heterocycles. The molecule has 3 aromatic rings. The number of aliphatic hydroxyl groups is 2. The first kappa shape index (κ1) is 27.3. The molecule has 0 radical (unpaired) electrons. The van der Waals surface area contributed by atoms with Crippen molar-refractivity contribution in [2.24, 2.45) is 10.2 Å². The molecule has 0 aliphatic rings. The number of benzene rings is 3. The number of ether oxygens (including phenoxy) is 2. The van der Waals surface area contributed by atoms with Crippen LogP contribution in [0.2, 0.25) is 0 Å². The van der Waals surface area contributed by atoms with Gasteiger partial charge in [0.2, 0.25) is 0 Å². The number of nitrogens with two attached hydrogens (primary N) is 1. The summed E-state index contributed by atoms with van der Waals surface area (Å²) in [6.45, 7) is 0.807. The summed E-state index contributed by atoms with van der Waals surface area (Å²) < 4.78 is 11.1. The van der Waals surface area contributed by atoms with Crippen molar-refractivity contribution in [3.8, 4) is 17.2 Å². The number of anilines is 4. The van der Waals surface area contributed by atoms with Gasteiger partial charge in [0.25, 0.3) is 0 Å². The van der Waals surface area contributed by atoms with E-state index in [0.29, 0.717) is 53.0 Å². The Labute approximate surface area is 215 Å². The minimum absolute atomic E-state index is 0.0138. The van der Waals surface area contributed by atoms with Crippen LogP contribution in [-0.2, 0) is 0 Å². The molecule has 198 valence electrons. The highest BCUT2D eigenvalue weighted by Crippen LogP contribution is 2.40. The van der Waals surface area contributed by atoms with Gasteiger partial charge in [-0.2, -0.15) is 5.11 Å². The van der Waals surface area contributed by atoms with E-state index in [4.69, 9.17) is 15.2 Å². The number of methoxy groups -OCH3 is 2. The molecule has 0 fully saturated rings. The predicted molar refractivity (Wildman–Crippen MR) is 143 cm³/mol. The van der Waals surface area contributed by atoms with Crippen LogP contribution in [0.15, 0.2) is 64.8 Å². The predicted octanol–water partition coefficient (Wildman–Crippen LogP) is 3.81. The summed E-state index contributed by atoms with van der Waals surface area (Å²) in [4.78, 5) is 6.33. The van der Waals surface area contributed by atoms with Gasteiger partial charge in [0, 0.05) is 49.7 Å². The first-order chi connectivity index (χ1) is 17.9. The number of azo groups is 1. The number of rotatable bonds is 13. The van der Waals surface area contributed by atoms with Crippen molar-refractivity contribution in [3.05, 3.63) is 54.6 Å². The summed E-state index contributed by atoms with van der Waals surface area (Å²) in [7, 11) is 4.79. The molecule has 37 heavy (non-hydrogen) atoms. The van der Waals surface area contributed by atoms with E-state index < -0.39 is 0 Å². The third-order valence-electron chi connectivity index (χ3n) is 5.46. The van der Waals surface area contributed by atoms with Gasteiger partial charge < -0.3 is 35.2 Å². The maximum atomic E-state index is 9.23. The van der Waals surface area contributed by atoms with E-state index in [-0.39, 0.29) is 19.0 Å². The van der Waals surface area contributed by atoms with E-state index in [0.717, 1.165) is 5.69 Å². The van der Waals surface area contributed by atoms with Crippen molar-refractivity contribution in [1.29, 1.82) is 0 Å². The van der Waals surface area contributed by atoms with Gasteiger partial charge in [-0.15, -0.1) is 5.11 Å². The number of nitrogens with zero attached hydrogens (tertiary/aromatic N) is 4. The summed E-state index contributed by atoms with van der Waals surface area (Å²) in [6, 6.07) is 15.6. The molecule has 0 atom stereocenters. The Morgan fingerprint density at radius 2 is 1.54 bits per heavy atom. The molecular weight excluding hydrogens is 480 g/mol. The van der Waals surface area contributed by atoms with Gasteiger partial charge in [-0.25, -0.2) is 5.26 Å². The fourth-order valence-electron chi connectivity index (χ4n) is 3.62. The van der Waals surface area contributed by atoms with E-state index in [2.05, 4.69) is 20.5 Å². The summed E-state index contributed by atoms with van der Waals surface area (Å²) in [5.74, 6) is 1.10. The van der Waals surface area contributed by atoms with Gasteiger partial charge in [-0.1, -0.05) is 0 Å². The summed E-state index contributed by atoms with van der Waals surface area (Å²) >= 11 is 0. The SMILES string of the molecule is COc1cc(NN(C)c2ccc(N)cc2OO)c(OC)cc1/N=N/c1ccc(N(CCO)CCO)cc1. The molecule has 0 saturated heterocycles. The van der Waals surface area contributed by atoms with E-state index >= 15 is 0 Å². The molecule has 0 aliphatic heterocycles.